The van der Waals surface area contributed by atoms with Crippen molar-refractivity contribution < 1.29 is 0 Å². The Kier molecular flexibility index (Phi) is 7.85. The maximum atomic E-state index is 5.13. The molecule has 0 aliphatic heterocycles. The van der Waals surface area contributed by atoms with Crippen LogP contribution in [0.2, 0.25) is 0 Å². The average molecular weight is 844 g/mol. The van der Waals surface area contributed by atoms with Crippen molar-refractivity contribution in [3.8, 4) is 44.2 Å². The molecule has 3 aromatic heterocycles. The Morgan fingerprint density at radius 2 is 0.723 bits per heavy atom. The van der Waals surface area contributed by atoms with Crippen molar-refractivity contribution in [2.75, 3.05) is 0 Å². The Labute approximate surface area is 378 Å². The minimum Gasteiger partial charge on any atom is -0.309 e. The summed E-state index contributed by atoms with van der Waals surface area (Å²) in [6.45, 7) is 0. The minimum atomic E-state index is 1.02. The Balaban J connectivity index is 0.880. The summed E-state index contributed by atoms with van der Waals surface area (Å²) in [5.41, 5.74) is 14.0. The molecule has 4 heteroatoms. The van der Waals surface area contributed by atoms with Gasteiger partial charge in [0.25, 0.3) is 0 Å². The van der Waals surface area contributed by atoms with E-state index in [1.165, 1.54) is 97.4 Å². The van der Waals surface area contributed by atoms with Crippen molar-refractivity contribution >= 4 is 97.5 Å². The summed E-state index contributed by atoms with van der Waals surface area (Å²) in [6.07, 6.45) is 0. The standard InChI is InChI=1S/C61H37N3S/c1-3-13-39(14-4-1)61-62-55-37-59-54(36-60(55)65-61)53-35-42(27-32-58(53)64(59)43-15-5-2-6-16-43)41-26-31-57-52(34-41)50-21-11-12-22-56(50)63(57)44-28-23-38(24-29-44)40-25-30-49-47-19-8-7-17-45(47)46-18-9-10-20-48(46)51(49)33-40/h1-37H. The molecule has 0 atom stereocenters. The number of hydrogen-bond donors (Lipinski definition) is 0. The second-order valence-corrected chi connectivity index (χ2v) is 18.1. The van der Waals surface area contributed by atoms with Gasteiger partial charge >= 0.3 is 0 Å². The predicted molar refractivity (Wildman–Crippen MR) is 277 cm³/mol. The van der Waals surface area contributed by atoms with Crippen LogP contribution in [0, 0.1) is 0 Å². The lowest BCUT2D eigenvalue weighted by molar-refractivity contribution is 1.18. The lowest BCUT2D eigenvalue weighted by atomic mass is 9.92. The Bertz CT molecular complexity index is 4180. The number of fused-ring (bicyclic) bond motifs is 13. The SMILES string of the molecule is c1ccc(-c2nc3cc4c(cc3s2)c2cc(-c3ccc5c(c3)c3ccccc3n5-c3ccc(-c5ccc6c7ccccc7c7ccccc7c6c5)cc3)ccc2n4-c2ccccc2)cc1. The first-order chi connectivity index (χ1) is 32.2. The highest BCUT2D eigenvalue weighted by atomic mass is 32.1. The van der Waals surface area contributed by atoms with E-state index >= 15 is 0 Å². The first-order valence-corrected chi connectivity index (χ1v) is 23.0. The average Bonchev–Trinajstić information content (AvgIpc) is 4.05. The van der Waals surface area contributed by atoms with E-state index in [1.54, 1.807) is 11.3 Å². The van der Waals surface area contributed by atoms with Crippen LogP contribution < -0.4 is 0 Å². The molecule has 14 rings (SSSR count). The third-order valence-electron chi connectivity index (χ3n) is 13.5. The van der Waals surface area contributed by atoms with Crippen molar-refractivity contribution in [3.05, 3.63) is 224 Å². The summed E-state index contributed by atoms with van der Waals surface area (Å²) >= 11 is 1.76. The molecule has 0 unspecified atom stereocenters. The van der Waals surface area contributed by atoms with Crippen LogP contribution in [-0.2, 0) is 0 Å². The molecular weight excluding hydrogens is 807 g/mol. The number of rotatable bonds is 5. The van der Waals surface area contributed by atoms with E-state index in [0.29, 0.717) is 0 Å². The van der Waals surface area contributed by atoms with Crippen molar-refractivity contribution in [3.63, 3.8) is 0 Å². The van der Waals surface area contributed by atoms with Crippen LogP contribution in [0.4, 0.5) is 0 Å². The third kappa shape index (κ3) is 5.58. The van der Waals surface area contributed by atoms with E-state index < -0.39 is 0 Å². The van der Waals surface area contributed by atoms with Gasteiger partial charge in [0.1, 0.15) is 5.01 Å². The molecule has 0 radical (unpaired) electrons. The van der Waals surface area contributed by atoms with E-state index in [1.807, 2.05) is 0 Å². The molecule has 0 bridgehead atoms. The van der Waals surface area contributed by atoms with Gasteiger partial charge in [0.2, 0.25) is 0 Å². The van der Waals surface area contributed by atoms with Gasteiger partial charge in [-0.3, -0.25) is 0 Å². The number of aromatic nitrogens is 3. The van der Waals surface area contributed by atoms with E-state index in [4.69, 9.17) is 4.98 Å². The second-order valence-electron chi connectivity index (χ2n) is 17.1. The smallest absolute Gasteiger partial charge is 0.124 e. The molecule has 3 nitrogen and oxygen atoms in total. The number of para-hydroxylation sites is 2. The zero-order valence-electron chi connectivity index (χ0n) is 35.1. The summed E-state index contributed by atoms with van der Waals surface area (Å²) in [5.74, 6) is 0. The highest BCUT2D eigenvalue weighted by Gasteiger charge is 2.19. The van der Waals surface area contributed by atoms with Gasteiger partial charge in [-0.15, -0.1) is 11.3 Å². The largest absolute Gasteiger partial charge is 0.309 e. The van der Waals surface area contributed by atoms with E-state index in [-0.39, 0.29) is 0 Å². The van der Waals surface area contributed by atoms with Crippen LogP contribution in [0.3, 0.4) is 0 Å². The highest BCUT2D eigenvalue weighted by molar-refractivity contribution is 7.21. The fourth-order valence-electron chi connectivity index (χ4n) is 10.5. The Morgan fingerprint density at radius 1 is 0.277 bits per heavy atom. The first-order valence-electron chi connectivity index (χ1n) is 22.2. The van der Waals surface area contributed by atoms with Crippen molar-refractivity contribution in [1.82, 2.24) is 14.1 Å². The van der Waals surface area contributed by atoms with E-state index in [9.17, 15) is 0 Å². The summed E-state index contributed by atoms with van der Waals surface area (Å²) < 4.78 is 6.00. The van der Waals surface area contributed by atoms with E-state index in [2.05, 4.69) is 234 Å². The quantitative estimate of drug-likeness (QED) is 0.158. The third-order valence-corrected chi connectivity index (χ3v) is 14.6. The molecule has 0 saturated heterocycles. The maximum Gasteiger partial charge on any atom is 0.124 e. The molecule has 0 aliphatic rings. The zero-order valence-corrected chi connectivity index (χ0v) is 35.9. The fourth-order valence-corrected chi connectivity index (χ4v) is 11.5. The lowest BCUT2D eigenvalue weighted by Crippen LogP contribution is -1.94. The molecule has 302 valence electrons. The summed E-state index contributed by atoms with van der Waals surface area (Å²) in [5, 5.41) is 13.7. The van der Waals surface area contributed by atoms with Gasteiger partial charge in [-0.1, -0.05) is 152 Å². The first kappa shape index (κ1) is 36.2. The van der Waals surface area contributed by atoms with Crippen LogP contribution in [0.5, 0.6) is 0 Å². The molecule has 0 aliphatic carbocycles. The van der Waals surface area contributed by atoms with Gasteiger partial charge in [0.15, 0.2) is 0 Å². The number of nitrogens with zero attached hydrogens (tertiary/aromatic N) is 3. The molecular formula is C61H37N3S. The molecule has 3 heterocycles. The maximum absolute atomic E-state index is 5.13. The van der Waals surface area contributed by atoms with Gasteiger partial charge in [-0.25, -0.2) is 4.98 Å². The molecule has 0 N–H and O–H groups in total. The fraction of sp³-hybridized carbons (Fsp3) is 0. The Morgan fingerprint density at radius 3 is 1.40 bits per heavy atom. The molecule has 0 spiro atoms. The molecule has 65 heavy (non-hydrogen) atoms. The van der Waals surface area contributed by atoms with Gasteiger partial charge in [-0.05, 0) is 127 Å². The summed E-state index contributed by atoms with van der Waals surface area (Å²) in [4.78, 5) is 5.13. The molecule has 0 saturated carbocycles. The topological polar surface area (TPSA) is 22.8 Å². The van der Waals surface area contributed by atoms with Gasteiger partial charge < -0.3 is 9.13 Å². The monoisotopic (exact) mass is 843 g/mol. The lowest BCUT2D eigenvalue weighted by Gasteiger charge is -2.13. The van der Waals surface area contributed by atoms with Crippen molar-refractivity contribution in [1.29, 1.82) is 0 Å². The van der Waals surface area contributed by atoms with Crippen LogP contribution in [0.1, 0.15) is 0 Å². The minimum absolute atomic E-state index is 1.02. The van der Waals surface area contributed by atoms with Crippen molar-refractivity contribution in [2.24, 2.45) is 0 Å². The van der Waals surface area contributed by atoms with Gasteiger partial charge in [0, 0.05) is 38.5 Å². The molecule has 14 aromatic rings. The van der Waals surface area contributed by atoms with Gasteiger partial charge in [-0.2, -0.15) is 0 Å². The van der Waals surface area contributed by atoms with Crippen LogP contribution in [0.15, 0.2) is 224 Å². The molecule has 11 aromatic carbocycles. The molecule has 0 amide bonds. The highest BCUT2D eigenvalue weighted by Crippen LogP contribution is 2.42. The number of hydrogen-bond acceptors (Lipinski definition) is 2. The summed E-state index contributed by atoms with van der Waals surface area (Å²) in [6, 6.07) is 82.2. The van der Waals surface area contributed by atoms with E-state index in [0.717, 1.165) is 33.0 Å². The Hall–Kier alpha value is -8.31. The van der Waals surface area contributed by atoms with Gasteiger partial charge in [0.05, 0.1) is 32.3 Å². The van der Waals surface area contributed by atoms with Crippen LogP contribution in [0.25, 0.3) is 130 Å². The molecule has 0 fully saturated rings. The normalized spacial score (nSPS) is 12.0. The second kappa shape index (κ2) is 14.1. The number of benzene rings is 11. The van der Waals surface area contributed by atoms with Crippen LogP contribution >= 0.6 is 11.3 Å². The zero-order chi connectivity index (χ0) is 42.6. The number of thiazole rings is 1. The predicted octanol–water partition coefficient (Wildman–Crippen LogP) is 17.0. The van der Waals surface area contributed by atoms with Crippen LogP contribution in [-0.4, -0.2) is 14.1 Å². The summed E-state index contributed by atoms with van der Waals surface area (Å²) in [7, 11) is 0. The van der Waals surface area contributed by atoms with Crippen molar-refractivity contribution in [2.45, 2.75) is 0 Å².